The van der Waals surface area contributed by atoms with Crippen molar-refractivity contribution in [2.75, 3.05) is 0 Å². The van der Waals surface area contributed by atoms with Gasteiger partial charge in [-0.3, -0.25) is 0 Å². The fraction of sp³-hybridized carbons (Fsp3) is 0.577. The fourth-order valence-electron chi connectivity index (χ4n) is 2.86. The van der Waals surface area contributed by atoms with Gasteiger partial charge in [-0.15, -0.1) is 0 Å². The molecule has 0 unspecified atom stereocenters. The molecule has 0 rings (SSSR count). The van der Waals surface area contributed by atoms with Crippen LogP contribution < -0.4 is 0 Å². The zero-order valence-corrected chi connectivity index (χ0v) is 18.7. The highest BCUT2D eigenvalue weighted by Gasteiger charge is 1.93. The minimum absolute atomic E-state index is 0.566. The Morgan fingerprint density at radius 2 is 0.889 bits per heavy atom. The van der Waals surface area contributed by atoms with E-state index in [2.05, 4.69) is 65.0 Å². The Hall–Kier alpha value is -1.63. The van der Waals surface area contributed by atoms with Crippen LogP contribution in [0.3, 0.4) is 0 Å². The van der Waals surface area contributed by atoms with Gasteiger partial charge in [0.05, 0.1) is 0 Å². The minimum Gasteiger partial charge on any atom is -0.303 e. The molecule has 0 aliphatic carbocycles. The topological polar surface area (TPSA) is 17.1 Å². The maximum absolute atomic E-state index is 10.4. The third kappa shape index (κ3) is 17.5. The van der Waals surface area contributed by atoms with Gasteiger partial charge in [0, 0.05) is 6.42 Å². The molecule has 0 bridgehead atoms. The fourth-order valence-corrected chi connectivity index (χ4v) is 2.86. The van der Waals surface area contributed by atoms with E-state index in [1.807, 2.05) is 6.92 Å². The third-order valence-electron chi connectivity index (χ3n) is 4.71. The summed E-state index contributed by atoms with van der Waals surface area (Å²) >= 11 is 0. The Morgan fingerprint density at radius 3 is 1.30 bits per heavy atom. The van der Waals surface area contributed by atoms with Gasteiger partial charge in [0.25, 0.3) is 0 Å². The van der Waals surface area contributed by atoms with Crippen LogP contribution in [0.5, 0.6) is 0 Å². The average Bonchev–Trinajstić information content (AvgIpc) is 2.58. The highest BCUT2D eigenvalue weighted by atomic mass is 16.1. The Morgan fingerprint density at radius 1 is 0.519 bits per heavy atom. The van der Waals surface area contributed by atoms with E-state index in [0.717, 1.165) is 44.8 Å². The number of unbranched alkanes of at least 4 members (excludes halogenated alkanes) is 1. The lowest BCUT2D eigenvalue weighted by molar-refractivity contribution is -0.107. The summed E-state index contributed by atoms with van der Waals surface area (Å²) in [6, 6.07) is 0. The molecule has 1 nitrogen and oxygen atoms in total. The number of hydrogen-bond donors (Lipinski definition) is 0. The molecule has 0 spiro atoms. The summed E-state index contributed by atoms with van der Waals surface area (Å²) < 4.78 is 0. The van der Waals surface area contributed by atoms with Crippen molar-refractivity contribution in [2.45, 2.75) is 99.3 Å². The van der Waals surface area contributed by atoms with E-state index in [4.69, 9.17) is 0 Å². The second-order valence-corrected chi connectivity index (χ2v) is 8.05. The summed E-state index contributed by atoms with van der Waals surface area (Å²) in [6.45, 7) is 13.1. The average molecular weight is 371 g/mol. The van der Waals surface area contributed by atoms with E-state index in [-0.39, 0.29) is 0 Å². The van der Waals surface area contributed by atoms with Crippen molar-refractivity contribution in [3.05, 3.63) is 58.2 Å². The Balaban J connectivity index is 4.02. The van der Waals surface area contributed by atoms with Crippen molar-refractivity contribution in [1.29, 1.82) is 0 Å². The molecule has 0 heterocycles. The summed E-state index contributed by atoms with van der Waals surface area (Å²) in [4.78, 5) is 10.4. The van der Waals surface area contributed by atoms with Crippen molar-refractivity contribution >= 4 is 6.29 Å². The zero-order valence-electron chi connectivity index (χ0n) is 18.7. The first-order valence-electron chi connectivity index (χ1n) is 10.5. The minimum atomic E-state index is 0.566. The van der Waals surface area contributed by atoms with Crippen LogP contribution in [0, 0.1) is 0 Å². The molecule has 27 heavy (non-hydrogen) atoms. The lowest BCUT2D eigenvalue weighted by Crippen LogP contribution is -1.82. The van der Waals surface area contributed by atoms with Crippen LogP contribution in [-0.2, 0) is 4.79 Å². The number of hydrogen-bond acceptors (Lipinski definition) is 1. The largest absolute Gasteiger partial charge is 0.303 e. The molecule has 0 aromatic heterocycles. The molecule has 0 N–H and O–H groups in total. The molecular formula is C26H42O. The Kier molecular flexibility index (Phi) is 15.5. The predicted molar refractivity (Wildman–Crippen MR) is 122 cm³/mol. The number of allylic oxidation sites excluding steroid dienone is 10. The standard InChI is InChI=1S/C26H42O/c1-22(2)12-9-15-25(5)18-10-16-23(3)13-7-8-14-24(4)17-11-19-26(6)20-21-27/h12-14,18-19,21H,7-11,15-17,20H2,1-6H3/b23-13+,24-14+,25-18+,26-19+. The van der Waals surface area contributed by atoms with E-state index >= 15 is 0 Å². The van der Waals surface area contributed by atoms with E-state index in [1.165, 1.54) is 40.7 Å². The van der Waals surface area contributed by atoms with Gasteiger partial charge < -0.3 is 4.79 Å². The molecule has 0 amide bonds. The van der Waals surface area contributed by atoms with Crippen LogP contribution in [0.15, 0.2) is 58.2 Å². The van der Waals surface area contributed by atoms with Gasteiger partial charge in [0.1, 0.15) is 6.29 Å². The first kappa shape index (κ1) is 25.4. The SMILES string of the molecule is CC(C)=CCC/C(C)=C/CC/C(C)=C/CC/C=C(\C)CC/C=C(\C)CC=O. The first-order valence-corrected chi connectivity index (χ1v) is 10.5. The van der Waals surface area contributed by atoms with E-state index in [0.29, 0.717) is 6.42 Å². The monoisotopic (exact) mass is 370 g/mol. The predicted octanol–water partition coefficient (Wildman–Crippen LogP) is 8.45. The maximum Gasteiger partial charge on any atom is 0.124 e. The number of rotatable bonds is 14. The van der Waals surface area contributed by atoms with Crippen LogP contribution in [0.1, 0.15) is 99.3 Å². The van der Waals surface area contributed by atoms with E-state index in [9.17, 15) is 4.79 Å². The lowest BCUT2D eigenvalue weighted by Gasteiger charge is -2.02. The zero-order chi connectivity index (χ0) is 20.5. The molecule has 152 valence electrons. The van der Waals surface area contributed by atoms with Gasteiger partial charge in [-0.05, 0) is 92.9 Å². The van der Waals surface area contributed by atoms with Crippen LogP contribution in [0.2, 0.25) is 0 Å². The molecule has 0 radical (unpaired) electrons. The lowest BCUT2D eigenvalue weighted by atomic mass is 10.0. The Labute approximate surface area is 169 Å². The summed E-state index contributed by atoms with van der Waals surface area (Å²) in [7, 11) is 0. The first-order chi connectivity index (χ1) is 12.8. The molecule has 0 aliphatic rings. The van der Waals surface area contributed by atoms with Gasteiger partial charge in [-0.1, -0.05) is 58.2 Å². The van der Waals surface area contributed by atoms with Crippen LogP contribution >= 0.6 is 0 Å². The molecular weight excluding hydrogens is 328 g/mol. The second kappa shape index (κ2) is 16.5. The van der Waals surface area contributed by atoms with Gasteiger partial charge >= 0.3 is 0 Å². The third-order valence-corrected chi connectivity index (χ3v) is 4.71. The summed E-state index contributed by atoms with van der Waals surface area (Å²) in [5.74, 6) is 0. The highest BCUT2D eigenvalue weighted by molar-refractivity contribution is 5.53. The van der Waals surface area contributed by atoms with E-state index < -0.39 is 0 Å². The molecule has 0 aliphatic heterocycles. The number of carbonyl (C=O) groups is 1. The van der Waals surface area contributed by atoms with Crippen molar-refractivity contribution in [1.82, 2.24) is 0 Å². The Bertz CT molecular complexity index is 563. The molecule has 0 aromatic rings. The summed E-state index contributed by atoms with van der Waals surface area (Å²) in [6.07, 6.45) is 22.3. The maximum atomic E-state index is 10.4. The van der Waals surface area contributed by atoms with Crippen LogP contribution in [0.4, 0.5) is 0 Å². The molecule has 0 atom stereocenters. The van der Waals surface area contributed by atoms with Crippen molar-refractivity contribution in [3.63, 3.8) is 0 Å². The van der Waals surface area contributed by atoms with Crippen LogP contribution in [-0.4, -0.2) is 6.29 Å². The highest BCUT2D eigenvalue weighted by Crippen LogP contribution is 2.13. The number of carbonyl (C=O) groups excluding carboxylic acids is 1. The smallest absolute Gasteiger partial charge is 0.124 e. The second-order valence-electron chi connectivity index (χ2n) is 8.05. The number of aldehydes is 1. The van der Waals surface area contributed by atoms with Crippen LogP contribution in [0.25, 0.3) is 0 Å². The normalized spacial score (nSPS) is 13.7. The molecule has 0 aromatic carbocycles. The summed E-state index contributed by atoms with van der Waals surface area (Å²) in [5.41, 5.74) is 7.05. The molecule has 0 fully saturated rings. The van der Waals surface area contributed by atoms with Gasteiger partial charge in [0.2, 0.25) is 0 Å². The van der Waals surface area contributed by atoms with Crippen molar-refractivity contribution < 1.29 is 4.79 Å². The molecule has 1 heteroatoms. The van der Waals surface area contributed by atoms with Gasteiger partial charge in [-0.25, -0.2) is 0 Å². The molecule has 0 saturated heterocycles. The van der Waals surface area contributed by atoms with Crippen molar-refractivity contribution in [3.8, 4) is 0 Å². The summed E-state index contributed by atoms with van der Waals surface area (Å²) in [5, 5.41) is 0. The quantitative estimate of drug-likeness (QED) is 0.170. The van der Waals surface area contributed by atoms with Gasteiger partial charge in [0.15, 0.2) is 0 Å². The van der Waals surface area contributed by atoms with Crippen molar-refractivity contribution in [2.24, 2.45) is 0 Å². The molecule has 0 saturated carbocycles. The van der Waals surface area contributed by atoms with E-state index in [1.54, 1.807) is 0 Å². The van der Waals surface area contributed by atoms with Gasteiger partial charge in [-0.2, -0.15) is 0 Å².